The van der Waals surface area contributed by atoms with E-state index in [0.717, 1.165) is 20.8 Å². The predicted octanol–water partition coefficient (Wildman–Crippen LogP) is 3.78. The van der Waals surface area contributed by atoms with Gasteiger partial charge in [0, 0.05) is 28.9 Å². The van der Waals surface area contributed by atoms with Gasteiger partial charge in [0.2, 0.25) is 0 Å². The van der Waals surface area contributed by atoms with Crippen LogP contribution in [0.3, 0.4) is 0 Å². The Morgan fingerprint density at radius 3 is 2.76 bits per heavy atom. The minimum absolute atomic E-state index is 0.610. The summed E-state index contributed by atoms with van der Waals surface area (Å²) in [5.74, 6) is 0. The van der Waals surface area contributed by atoms with Crippen molar-refractivity contribution in [2.24, 2.45) is 0 Å². The van der Waals surface area contributed by atoms with Crippen molar-refractivity contribution in [3.8, 4) is 10.6 Å². The molecule has 8 nitrogen and oxygen atoms in total. The standard InChI is InChI=1S/C16H19N5O3S/c1-9-7-19-14(25-9)11-8-18-13-10(5-6-17-13)12(11)20-24-21-15(22)23-16(2,3)4/h5-8H,1-4H3,(H,21,22)(H2,17,18,20). The zero-order chi connectivity index (χ0) is 18.0. The number of aryl methyl sites for hydroxylation is 1. The second-order valence-electron chi connectivity index (χ2n) is 6.37. The van der Waals surface area contributed by atoms with Crippen LogP contribution in [0.2, 0.25) is 0 Å². The van der Waals surface area contributed by atoms with Crippen molar-refractivity contribution in [3.63, 3.8) is 0 Å². The van der Waals surface area contributed by atoms with E-state index in [1.807, 2.05) is 13.0 Å². The number of carbonyl (C=O) groups is 1. The molecule has 0 saturated heterocycles. The average molecular weight is 361 g/mol. The Hall–Kier alpha value is -2.65. The van der Waals surface area contributed by atoms with E-state index in [4.69, 9.17) is 9.68 Å². The minimum Gasteiger partial charge on any atom is -0.442 e. The number of aromatic amines is 1. The van der Waals surface area contributed by atoms with Gasteiger partial charge in [-0.05, 0) is 33.8 Å². The van der Waals surface area contributed by atoms with Gasteiger partial charge in [-0.2, -0.15) is 10.4 Å². The highest BCUT2D eigenvalue weighted by atomic mass is 32.1. The lowest BCUT2D eigenvalue weighted by Crippen LogP contribution is -2.33. The molecular formula is C16H19N5O3S. The molecule has 3 heterocycles. The molecule has 0 saturated carbocycles. The fraction of sp³-hybridized carbons (Fsp3) is 0.312. The van der Waals surface area contributed by atoms with Crippen molar-refractivity contribution in [2.45, 2.75) is 33.3 Å². The lowest BCUT2D eigenvalue weighted by molar-refractivity contribution is 0.00820. The summed E-state index contributed by atoms with van der Waals surface area (Å²) in [5, 5.41) is 1.62. The number of fused-ring (bicyclic) bond motifs is 1. The first kappa shape index (κ1) is 17.2. The number of H-pyrrole nitrogens is 1. The highest BCUT2D eigenvalue weighted by Gasteiger charge is 2.18. The number of nitrogens with one attached hydrogen (secondary N) is 3. The van der Waals surface area contributed by atoms with Gasteiger partial charge in [0.1, 0.15) is 16.3 Å². The molecule has 0 atom stereocenters. The molecule has 0 aromatic carbocycles. The number of ether oxygens (including phenoxy) is 1. The first-order chi connectivity index (χ1) is 11.8. The quantitative estimate of drug-likeness (QED) is 0.611. The number of nitrogens with zero attached hydrogens (tertiary/aromatic N) is 2. The fourth-order valence-corrected chi connectivity index (χ4v) is 2.96. The third-order valence-corrected chi connectivity index (χ3v) is 4.07. The van der Waals surface area contributed by atoms with Crippen molar-refractivity contribution in [3.05, 3.63) is 29.5 Å². The van der Waals surface area contributed by atoms with Gasteiger partial charge >= 0.3 is 6.09 Å². The lowest BCUT2D eigenvalue weighted by atomic mass is 10.2. The summed E-state index contributed by atoms with van der Waals surface area (Å²) in [7, 11) is 0. The second-order valence-corrected chi connectivity index (χ2v) is 7.61. The summed E-state index contributed by atoms with van der Waals surface area (Å²) < 4.78 is 5.12. The van der Waals surface area contributed by atoms with Gasteiger partial charge in [0.25, 0.3) is 0 Å². The Morgan fingerprint density at radius 1 is 1.28 bits per heavy atom. The summed E-state index contributed by atoms with van der Waals surface area (Å²) in [6.45, 7) is 7.30. The largest absolute Gasteiger partial charge is 0.442 e. The van der Waals surface area contributed by atoms with Crippen LogP contribution in [0.15, 0.2) is 24.7 Å². The van der Waals surface area contributed by atoms with Crippen LogP contribution in [0.1, 0.15) is 25.6 Å². The molecule has 3 aromatic heterocycles. The number of amides is 1. The fourth-order valence-electron chi connectivity index (χ4n) is 2.18. The number of anilines is 1. The van der Waals surface area contributed by atoms with Crippen molar-refractivity contribution in [2.75, 3.05) is 5.48 Å². The molecule has 25 heavy (non-hydrogen) atoms. The number of carbonyl (C=O) groups excluding carboxylic acids is 1. The molecule has 3 N–H and O–H groups in total. The number of hydrogen-bond acceptors (Lipinski definition) is 7. The number of rotatable bonds is 4. The maximum Gasteiger partial charge on any atom is 0.433 e. The van der Waals surface area contributed by atoms with E-state index >= 15 is 0 Å². The Bertz CT molecular complexity index is 897. The highest BCUT2D eigenvalue weighted by molar-refractivity contribution is 7.15. The van der Waals surface area contributed by atoms with Crippen molar-refractivity contribution < 1.29 is 14.5 Å². The van der Waals surface area contributed by atoms with Crippen LogP contribution in [-0.2, 0) is 9.68 Å². The van der Waals surface area contributed by atoms with E-state index in [0.29, 0.717) is 11.3 Å². The van der Waals surface area contributed by atoms with Crippen molar-refractivity contribution in [1.82, 2.24) is 20.4 Å². The zero-order valence-electron chi connectivity index (χ0n) is 14.3. The Kier molecular flexibility index (Phi) is 4.60. The van der Waals surface area contributed by atoms with Gasteiger partial charge in [0.05, 0.1) is 11.3 Å². The Labute approximate surface area is 148 Å². The minimum atomic E-state index is -0.689. The molecule has 0 spiro atoms. The van der Waals surface area contributed by atoms with E-state index in [-0.39, 0.29) is 0 Å². The first-order valence-electron chi connectivity index (χ1n) is 7.63. The highest BCUT2D eigenvalue weighted by Crippen LogP contribution is 2.35. The van der Waals surface area contributed by atoms with E-state index in [2.05, 4.69) is 25.9 Å². The third kappa shape index (κ3) is 4.06. The van der Waals surface area contributed by atoms with Crippen LogP contribution in [0.5, 0.6) is 0 Å². The molecule has 0 radical (unpaired) electrons. The Balaban J connectivity index is 1.82. The number of pyridine rings is 1. The lowest BCUT2D eigenvalue weighted by Gasteiger charge is -2.19. The molecule has 3 rings (SSSR count). The average Bonchev–Trinajstić information content (AvgIpc) is 3.14. The maximum atomic E-state index is 11.7. The monoisotopic (exact) mass is 361 g/mol. The van der Waals surface area contributed by atoms with Crippen molar-refractivity contribution in [1.29, 1.82) is 0 Å². The molecule has 0 aliphatic heterocycles. The van der Waals surface area contributed by atoms with Gasteiger partial charge in [-0.15, -0.1) is 11.3 Å². The third-order valence-electron chi connectivity index (χ3n) is 3.12. The molecule has 9 heteroatoms. The van der Waals surface area contributed by atoms with Gasteiger partial charge in [-0.25, -0.2) is 20.2 Å². The number of aromatic nitrogens is 3. The normalized spacial score (nSPS) is 11.5. The van der Waals surface area contributed by atoms with Crippen LogP contribution < -0.4 is 11.0 Å². The second kappa shape index (κ2) is 6.69. The molecule has 0 bridgehead atoms. The first-order valence-corrected chi connectivity index (χ1v) is 8.45. The summed E-state index contributed by atoms with van der Waals surface area (Å²) in [5.41, 5.74) is 6.48. The molecule has 0 fully saturated rings. The molecule has 0 aliphatic carbocycles. The molecule has 1 amide bonds. The summed E-state index contributed by atoms with van der Waals surface area (Å²) >= 11 is 1.54. The Morgan fingerprint density at radius 2 is 2.08 bits per heavy atom. The van der Waals surface area contributed by atoms with E-state index in [9.17, 15) is 4.79 Å². The van der Waals surface area contributed by atoms with Crippen LogP contribution >= 0.6 is 11.3 Å². The van der Waals surface area contributed by atoms with Crippen LogP contribution in [0.25, 0.3) is 21.6 Å². The predicted molar refractivity (Wildman–Crippen MR) is 96.0 cm³/mol. The van der Waals surface area contributed by atoms with Crippen LogP contribution in [0.4, 0.5) is 10.5 Å². The number of thiazole rings is 1. The maximum absolute atomic E-state index is 11.7. The van der Waals surface area contributed by atoms with Gasteiger partial charge in [-0.3, -0.25) is 0 Å². The zero-order valence-corrected chi connectivity index (χ0v) is 15.2. The summed E-state index contributed by atoms with van der Waals surface area (Å²) in [6.07, 6.45) is 4.59. The van der Waals surface area contributed by atoms with Crippen molar-refractivity contribution >= 4 is 34.2 Å². The summed E-state index contributed by atoms with van der Waals surface area (Å²) in [6, 6.07) is 1.87. The smallest absolute Gasteiger partial charge is 0.433 e. The SMILES string of the molecule is Cc1cnc(-c2cnc3[nH]ccc3c2NONC(=O)OC(C)(C)C)s1. The van der Waals surface area contributed by atoms with E-state index in [1.165, 1.54) is 0 Å². The van der Waals surface area contributed by atoms with E-state index in [1.54, 1.807) is 50.7 Å². The van der Waals surface area contributed by atoms with Crippen LogP contribution in [-0.4, -0.2) is 26.6 Å². The van der Waals surface area contributed by atoms with Gasteiger partial charge < -0.3 is 9.72 Å². The molecule has 0 unspecified atom stereocenters. The van der Waals surface area contributed by atoms with Crippen LogP contribution in [0, 0.1) is 6.92 Å². The van der Waals surface area contributed by atoms with Gasteiger partial charge in [-0.1, -0.05) is 0 Å². The molecule has 132 valence electrons. The molecule has 0 aliphatic rings. The molecule has 3 aromatic rings. The van der Waals surface area contributed by atoms with E-state index < -0.39 is 11.7 Å². The number of hydroxylamine groups is 1. The summed E-state index contributed by atoms with van der Waals surface area (Å²) in [4.78, 5) is 29.7. The van der Waals surface area contributed by atoms with Gasteiger partial charge in [0.15, 0.2) is 0 Å². The topological polar surface area (TPSA) is 101 Å². The molecular weight excluding hydrogens is 342 g/mol. The number of hydrogen-bond donors (Lipinski definition) is 3.